The summed E-state index contributed by atoms with van der Waals surface area (Å²) in [6.07, 6.45) is 1.04. The van der Waals surface area contributed by atoms with Crippen LogP contribution in [0.4, 0.5) is 0 Å². The number of hydrogen-bond acceptors (Lipinski definition) is 4. The Labute approximate surface area is 82.9 Å². The van der Waals surface area contributed by atoms with Gasteiger partial charge in [0, 0.05) is 10.7 Å². The smallest absolute Gasteiger partial charge is 0.223 e. The summed E-state index contributed by atoms with van der Waals surface area (Å²) in [6.45, 7) is 0. The van der Waals surface area contributed by atoms with Gasteiger partial charge in [-0.05, 0) is 0 Å². The summed E-state index contributed by atoms with van der Waals surface area (Å²) in [5.41, 5.74) is 0. The van der Waals surface area contributed by atoms with Gasteiger partial charge in [-0.25, -0.2) is 18.4 Å². The second-order valence-electron chi connectivity index (χ2n) is 1.72. The molecule has 0 aromatic carbocycles. The minimum Gasteiger partial charge on any atom is -0.223 e. The minimum atomic E-state index is -3.98. The lowest BCUT2D eigenvalue weighted by atomic mass is 10.7. The van der Waals surface area contributed by atoms with E-state index in [1.54, 1.807) is 0 Å². The molecule has 66 valence electrons. The molecule has 0 saturated carbocycles. The molecule has 8 heteroatoms. The molecule has 0 spiro atoms. The summed E-state index contributed by atoms with van der Waals surface area (Å²) in [6, 6.07) is 0. The van der Waals surface area contributed by atoms with Gasteiger partial charge in [-0.1, -0.05) is 23.2 Å². The monoisotopic (exact) mass is 246 g/mol. The van der Waals surface area contributed by atoms with E-state index in [2.05, 4.69) is 9.97 Å². The van der Waals surface area contributed by atoms with Crippen LogP contribution in [0.25, 0.3) is 0 Å². The van der Waals surface area contributed by atoms with Crippen molar-refractivity contribution in [2.45, 2.75) is 4.90 Å². The summed E-state index contributed by atoms with van der Waals surface area (Å²) in [5, 5.41) is -0.574. The first-order chi connectivity index (χ1) is 5.43. The standard InChI is InChI=1S/C4HCl3N2O2S/c5-3-2(12(7,10)11)4(6)9-1-8-3/h1H. The first-order valence-corrected chi connectivity index (χ1v) is 5.60. The molecule has 1 aromatic rings. The van der Waals surface area contributed by atoms with Gasteiger partial charge in [0.2, 0.25) is 0 Å². The van der Waals surface area contributed by atoms with Crippen molar-refractivity contribution in [2.24, 2.45) is 0 Å². The van der Waals surface area contributed by atoms with Crippen LogP contribution >= 0.6 is 33.9 Å². The van der Waals surface area contributed by atoms with Gasteiger partial charge in [-0.3, -0.25) is 0 Å². The molecule has 1 rings (SSSR count). The van der Waals surface area contributed by atoms with Gasteiger partial charge < -0.3 is 0 Å². The molecule has 0 N–H and O–H groups in total. The first kappa shape index (κ1) is 9.98. The van der Waals surface area contributed by atoms with Gasteiger partial charge in [-0.15, -0.1) is 0 Å². The van der Waals surface area contributed by atoms with E-state index in [4.69, 9.17) is 33.9 Å². The van der Waals surface area contributed by atoms with Crippen LogP contribution in [-0.2, 0) is 9.05 Å². The minimum absolute atomic E-state index is 0.287. The van der Waals surface area contributed by atoms with Crippen LogP contribution < -0.4 is 0 Å². The fraction of sp³-hybridized carbons (Fsp3) is 0. The van der Waals surface area contributed by atoms with E-state index < -0.39 is 13.9 Å². The molecule has 0 saturated heterocycles. The van der Waals surface area contributed by atoms with E-state index in [0.717, 1.165) is 6.33 Å². The summed E-state index contributed by atoms with van der Waals surface area (Å²) < 4.78 is 21.6. The molecule has 0 fully saturated rings. The van der Waals surface area contributed by atoms with Crippen molar-refractivity contribution in [1.82, 2.24) is 9.97 Å². The SMILES string of the molecule is O=S(=O)(Cl)c1c(Cl)ncnc1Cl. The van der Waals surface area contributed by atoms with Crippen LogP contribution in [0.5, 0.6) is 0 Å². The topological polar surface area (TPSA) is 59.9 Å². The zero-order valence-corrected chi connectivity index (χ0v) is 8.41. The highest BCUT2D eigenvalue weighted by Gasteiger charge is 2.20. The highest BCUT2D eigenvalue weighted by molar-refractivity contribution is 8.13. The lowest BCUT2D eigenvalue weighted by Gasteiger charge is -1.98. The number of rotatable bonds is 1. The molecule has 0 atom stereocenters. The Bertz CT molecular complexity index is 385. The molecular formula is C4HCl3N2O2S. The molecule has 12 heavy (non-hydrogen) atoms. The average molecular weight is 247 g/mol. The van der Waals surface area contributed by atoms with Gasteiger partial charge in [0.15, 0.2) is 15.2 Å². The summed E-state index contributed by atoms with van der Waals surface area (Å²) in [4.78, 5) is 6.36. The Morgan fingerprint density at radius 2 is 1.58 bits per heavy atom. The summed E-state index contributed by atoms with van der Waals surface area (Å²) in [5.74, 6) is 0. The predicted molar refractivity (Wildman–Crippen MR) is 45.1 cm³/mol. The Balaban J connectivity index is 3.53. The molecule has 0 aliphatic heterocycles. The second-order valence-corrected chi connectivity index (χ2v) is 4.94. The van der Waals surface area contributed by atoms with Gasteiger partial charge in [0.25, 0.3) is 9.05 Å². The molecule has 1 aromatic heterocycles. The molecule has 0 aliphatic rings. The molecule has 0 bridgehead atoms. The lowest BCUT2D eigenvalue weighted by molar-refractivity contribution is 0.609. The molecule has 4 nitrogen and oxygen atoms in total. The van der Waals surface area contributed by atoms with Crippen LogP contribution in [0.1, 0.15) is 0 Å². The van der Waals surface area contributed by atoms with Gasteiger partial charge >= 0.3 is 0 Å². The van der Waals surface area contributed by atoms with Crippen molar-refractivity contribution in [1.29, 1.82) is 0 Å². The Morgan fingerprint density at radius 1 is 1.17 bits per heavy atom. The normalized spacial score (nSPS) is 11.6. The lowest BCUT2D eigenvalue weighted by Crippen LogP contribution is -1.97. The van der Waals surface area contributed by atoms with E-state index in [0.29, 0.717) is 0 Å². The van der Waals surface area contributed by atoms with Crippen molar-refractivity contribution in [2.75, 3.05) is 0 Å². The quantitative estimate of drug-likeness (QED) is 0.560. The van der Waals surface area contributed by atoms with Crippen LogP contribution in [0.15, 0.2) is 11.2 Å². The van der Waals surface area contributed by atoms with E-state index in [1.165, 1.54) is 0 Å². The van der Waals surface area contributed by atoms with E-state index in [1.807, 2.05) is 0 Å². The zero-order chi connectivity index (χ0) is 9.35. The van der Waals surface area contributed by atoms with Gasteiger partial charge in [0.1, 0.15) is 6.33 Å². The van der Waals surface area contributed by atoms with Crippen LogP contribution in [-0.4, -0.2) is 18.4 Å². The fourth-order valence-electron chi connectivity index (χ4n) is 0.534. The molecule has 0 unspecified atom stereocenters. The van der Waals surface area contributed by atoms with E-state index >= 15 is 0 Å². The molecule has 1 heterocycles. The number of aromatic nitrogens is 2. The molecule has 0 amide bonds. The maximum absolute atomic E-state index is 10.8. The summed E-state index contributed by atoms with van der Waals surface area (Å²) in [7, 11) is 1.01. The average Bonchev–Trinajstić information content (AvgIpc) is 1.82. The largest absolute Gasteiger partial charge is 0.267 e. The zero-order valence-electron chi connectivity index (χ0n) is 5.33. The number of halogens is 3. The van der Waals surface area contributed by atoms with Crippen LogP contribution in [0.3, 0.4) is 0 Å². The van der Waals surface area contributed by atoms with Gasteiger partial charge in [0.05, 0.1) is 0 Å². The highest BCUT2D eigenvalue weighted by Crippen LogP contribution is 2.27. The van der Waals surface area contributed by atoms with Gasteiger partial charge in [-0.2, -0.15) is 0 Å². The Morgan fingerprint density at radius 3 is 1.83 bits per heavy atom. The maximum atomic E-state index is 10.8. The van der Waals surface area contributed by atoms with Crippen LogP contribution in [0.2, 0.25) is 10.3 Å². The number of hydrogen-bond donors (Lipinski definition) is 0. The second kappa shape index (κ2) is 3.33. The van der Waals surface area contributed by atoms with Crippen molar-refractivity contribution < 1.29 is 8.42 Å². The van der Waals surface area contributed by atoms with Crippen molar-refractivity contribution >= 4 is 42.9 Å². The Kier molecular flexibility index (Phi) is 2.77. The third kappa shape index (κ3) is 1.98. The summed E-state index contributed by atoms with van der Waals surface area (Å²) >= 11 is 10.8. The van der Waals surface area contributed by atoms with E-state index in [-0.39, 0.29) is 10.3 Å². The molecule has 0 aliphatic carbocycles. The maximum Gasteiger partial charge on any atom is 0.267 e. The third-order valence-electron chi connectivity index (χ3n) is 0.961. The van der Waals surface area contributed by atoms with Crippen molar-refractivity contribution in [3.05, 3.63) is 16.6 Å². The van der Waals surface area contributed by atoms with Crippen molar-refractivity contribution in [3.63, 3.8) is 0 Å². The number of nitrogens with zero attached hydrogens (tertiary/aromatic N) is 2. The fourth-order valence-corrected chi connectivity index (χ4v) is 2.64. The highest BCUT2D eigenvalue weighted by atomic mass is 35.7. The Hall–Kier alpha value is -0.100. The molecular weight excluding hydrogens is 246 g/mol. The first-order valence-electron chi connectivity index (χ1n) is 2.53. The molecule has 0 radical (unpaired) electrons. The van der Waals surface area contributed by atoms with E-state index in [9.17, 15) is 8.42 Å². The van der Waals surface area contributed by atoms with Crippen LogP contribution in [0, 0.1) is 0 Å². The predicted octanol–water partition coefficient (Wildman–Crippen LogP) is 1.71. The van der Waals surface area contributed by atoms with Crippen molar-refractivity contribution in [3.8, 4) is 0 Å². The third-order valence-corrected chi connectivity index (χ3v) is 3.10.